The Bertz CT molecular complexity index is 2390. The molecule has 5 aromatic rings. The van der Waals surface area contributed by atoms with Gasteiger partial charge in [0.15, 0.2) is 0 Å². The summed E-state index contributed by atoms with van der Waals surface area (Å²) in [5.41, 5.74) is 11.1. The van der Waals surface area contributed by atoms with E-state index in [9.17, 15) is 9.59 Å². The van der Waals surface area contributed by atoms with Gasteiger partial charge in [-0.15, -0.1) is 0 Å². The van der Waals surface area contributed by atoms with Crippen LogP contribution in [-0.2, 0) is 21.3 Å². The van der Waals surface area contributed by atoms with Crippen LogP contribution in [0.4, 0.5) is 9.59 Å². The number of carbonyl (C=O) groups is 2. The molecule has 1 saturated carbocycles. The first-order valence-electron chi connectivity index (χ1n) is 21.9. The number of rotatable bonds is 5. The van der Waals surface area contributed by atoms with E-state index in [4.69, 9.17) is 19.4 Å². The first kappa shape index (κ1) is 39.3. The van der Waals surface area contributed by atoms with E-state index in [0.717, 1.165) is 53.2 Å². The van der Waals surface area contributed by atoms with Gasteiger partial charge in [-0.1, -0.05) is 69.2 Å². The smallest absolute Gasteiger partial charge is 0.410 e. The Hall–Kier alpha value is -5.12. The van der Waals surface area contributed by atoms with Gasteiger partial charge in [0, 0.05) is 13.1 Å². The van der Waals surface area contributed by atoms with Gasteiger partial charge >= 0.3 is 12.2 Å². The average molecular weight is 797 g/mol. The molecule has 310 valence electrons. The maximum atomic E-state index is 13.2. The number of imidazole rings is 2. The number of nitrogens with one attached hydrogen (secondary N) is 2. The van der Waals surface area contributed by atoms with Crippen molar-refractivity contribution in [1.82, 2.24) is 29.7 Å². The molecule has 10 nitrogen and oxygen atoms in total. The molecule has 2 aliphatic heterocycles. The predicted molar refractivity (Wildman–Crippen MR) is 232 cm³/mol. The highest BCUT2D eigenvalue weighted by atomic mass is 16.6. The zero-order valence-corrected chi connectivity index (χ0v) is 36.1. The summed E-state index contributed by atoms with van der Waals surface area (Å²) in [5, 5.41) is 0. The lowest BCUT2D eigenvalue weighted by molar-refractivity contribution is 0.0204. The fourth-order valence-electron chi connectivity index (χ4n) is 10.6. The highest BCUT2D eigenvalue weighted by Gasteiger charge is 2.44. The normalized spacial score (nSPS) is 22.8. The van der Waals surface area contributed by atoms with Crippen molar-refractivity contribution in [3.63, 3.8) is 0 Å². The molecule has 59 heavy (non-hydrogen) atoms. The standard InChI is InChI=1S/C49H60N6O4/c1-29-23-40(54(27-29)45(56)58-47(3,4)5)43-50-26-39(53-43)32-13-11-31(12-14-32)35-17-16-34(36-19-22-49(42(35)36)20-9-10-21-49)33-15-18-37-38(25-33)52-44(51-37)41-24-30(2)28-55(41)46(57)59-48(6,7)8/h11-18,25-26,29-30,40-41H,9-10,19-24,27-28H2,1-8H3,(H,50,53)(H,51,52)/t29-,30-,40-,41-/m0/s1. The second-order valence-electron chi connectivity index (χ2n) is 20.1. The lowest BCUT2D eigenvalue weighted by Crippen LogP contribution is -2.37. The molecule has 3 aromatic carbocycles. The van der Waals surface area contributed by atoms with E-state index in [-0.39, 0.29) is 29.7 Å². The van der Waals surface area contributed by atoms with Crippen LogP contribution in [0.2, 0.25) is 0 Å². The van der Waals surface area contributed by atoms with Crippen molar-refractivity contribution in [3.8, 4) is 33.5 Å². The highest BCUT2D eigenvalue weighted by Crippen LogP contribution is 2.55. The van der Waals surface area contributed by atoms with E-state index >= 15 is 0 Å². The molecule has 3 fully saturated rings. The summed E-state index contributed by atoms with van der Waals surface area (Å²) in [6.45, 7) is 17.1. The lowest BCUT2D eigenvalue weighted by Gasteiger charge is -2.28. The Balaban J connectivity index is 1.00. The molecule has 0 unspecified atom stereocenters. The van der Waals surface area contributed by atoms with E-state index in [0.29, 0.717) is 24.9 Å². The number of hydrogen-bond donors (Lipinski definition) is 2. The molecule has 10 heteroatoms. The van der Waals surface area contributed by atoms with Crippen LogP contribution >= 0.6 is 0 Å². The van der Waals surface area contributed by atoms with Gasteiger partial charge in [0.2, 0.25) is 0 Å². The summed E-state index contributed by atoms with van der Waals surface area (Å²) in [4.78, 5) is 47.0. The predicted octanol–water partition coefficient (Wildman–Crippen LogP) is 11.7. The number of fused-ring (bicyclic) bond motifs is 3. The molecule has 2 amide bonds. The van der Waals surface area contributed by atoms with Crippen LogP contribution in [0.5, 0.6) is 0 Å². The van der Waals surface area contributed by atoms with E-state index in [1.807, 2.05) is 57.5 Å². The number of aromatic nitrogens is 4. The zero-order chi connectivity index (χ0) is 41.4. The summed E-state index contributed by atoms with van der Waals surface area (Å²) in [6, 6.07) is 19.9. The fraction of sp³-hybridized carbons (Fsp3) is 0.510. The molecule has 0 bridgehead atoms. The summed E-state index contributed by atoms with van der Waals surface area (Å²) in [6.07, 6.45) is 10.3. The maximum absolute atomic E-state index is 13.2. The minimum Gasteiger partial charge on any atom is -0.444 e. The maximum Gasteiger partial charge on any atom is 0.410 e. The molecule has 4 atom stereocenters. The number of amides is 2. The average Bonchev–Trinajstić information content (AvgIpc) is 4.03. The number of ether oxygens (including phenoxy) is 2. The Morgan fingerprint density at radius 2 is 1.29 bits per heavy atom. The summed E-state index contributed by atoms with van der Waals surface area (Å²) >= 11 is 0. The zero-order valence-electron chi connectivity index (χ0n) is 36.1. The van der Waals surface area contributed by atoms with Crippen molar-refractivity contribution in [3.05, 3.63) is 83.6 Å². The lowest BCUT2D eigenvalue weighted by atomic mass is 9.76. The minimum absolute atomic E-state index is 0.141. The quantitative estimate of drug-likeness (QED) is 0.183. The van der Waals surface area contributed by atoms with Crippen LogP contribution in [0.1, 0.15) is 135 Å². The Kier molecular flexibility index (Phi) is 9.71. The number of nitrogens with zero attached hydrogens (tertiary/aromatic N) is 4. The van der Waals surface area contributed by atoms with Crippen LogP contribution in [0.25, 0.3) is 44.5 Å². The van der Waals surface area contributed by atoms with Gasteiger partial charge in [-0.2, -0.15) is 0 Å². The molecule has 0 radical (unpaired) electrons. The topological polar surface area (TPSA) is 116 Å². The van der Waals surface area contributed by atoms with Crippen LogP contribution in [0.3, 0.4) is 0 Å². The molecular formula is C49H60N6O4. The number of likely N-dealkylation sites (tertiary alicyclic amines) is 2. The molecule has 4 aliphatic rings. The van der Waals surface area contributed by atoms with Gasteiger partial charge in [0.1, 0.15) is 22.9 Å². The molecule has 9 rings (SSSR count). The van der Waals surface area contributed by atoms with Crippen LogP contribution in [0, 0.1) is 11.8 Å². The van der Waals surface area contributed by atoms with Crippen molar-refractivity contribution in [2.75, 3.05) is 13.1 Å². The number of hydrogen-bond acceptors (Lipinski definition) is 6. The van der Waals surface area contributed by atoms with Gasteiger partial charge < -0.3 is 19.4 Å². The monoisotopic (exact) mass is 796 g/mol. The molecule has 2 aromatic heterocycles. The number of aromatic amines is 2. The first-order valence-corrected chi connectivity index (χ1v) is 21.9. The SMILES string of the molecule is C[C@H]1C[C@@H](c2ncc(-c3ccc(-c4ccc(-c5ccc6nc([C@@H]7C[C@H](C)CN7C(=O)OC(C)(C)C)[nH]c6c5)c5c4C4(CCCC4)CC5)cc3)[nH]2)N(C(=O)OC(C)(C)C)C1. The van der Waals surface area contributed by atoms with E-state index < -0.39 is 11.2 Å². The molecular weight excluding hydrogens is 737 g/mol. The Labute approximate surface area is 348 Å². The van der Waals surface area contributed by atoms with Gasteiger partial charge in [-0.25, -0.2) is 19.6 Å². The van der Waals surface area contributed by atoms with Gasteiger partial charge in [-0.05, 0) is 148 Å². The summed E-state index contributed by atoms with van der Waals surface area (Å²) in [7, 11) is 0. The summed E-state index contributed by atoms with van der Waals surface area (Å²) < 4.78 is 11.5. The second kappa shape index (κ2) is 14.6. The number of carbonyl (C=O) groups excluding carboxylic acids is 2. The third-order valence-electron chi connectivity index (χ3n) is 13.1. The van der Waals surface area contributed by atoms with Gasteiger partial charge in [0.05, 0.1) is 35.0 Å². The molecule has 2 aliphatic carbocycles. The fourth-order valence-corrected chi connectivity index (χ4v) is 10.6. The largest absolute Gasteiger partial charge is 0.444 e. The van der Waals surface area contributed by atoms with Crippen molar-refractivity contribution in [1.29, 1.82) is 0 Å². The first-order chi connectivity index (χ1) is 28.0. The van der Waals surface area contributed by atoms with Gasteiger partial charge in [0.25, 0.3) is 0 Å². The van der Waals surface area contributed by atoms with Crippen molar-refractivity contribution < 1.29 is 19.1 Å². The third-order valence-corrected chi connectivity index (χ3v) is 13.1. The van der Waals surface area contributed by atoms with Crippen LogP contribution < -0.4 is 0 Å². The third kappa shape index (κ3) is 7.52. The van der Waals surface area contributed by atoms with Crippen molar-refractivity contribution in [2.24, 2.45) is 11.8 Å². The van der Waals surface area contributed by atoms with Crippen LogP contribution in [0.15, 0.2) is 60.8 Å². The van der Waals surface area contributed by atoms with Crippen molar-refractivity contribution >= 4 is 23.2 Å². The number of benzene rings is 3. The Morgan fingerprint density at radius 1 is 0.712 bits per heavy atom. The van der Waals surface area contributed by atoms with E-state index in [1.54, 1.807) is 5.56 Å². The number of H-pyrrole nitrogens is 2. The Morgan fingerprint density at radius 3 is 1.92 bits per heavy atom. The van der Waals surface area contributed by atoms with E-state index in [1.165, 1.54) is 59.9 Å². The van der Waals surface area contributed by atoms with Crippen LogP contribution in [-0.4, -0.2) is 66.2 Å². The molecule has 4 heterocycles. The van der Waals surface area contributed by atoms with Gasteiger partial charge in [-0.3, -0.25) is 9.80 Å². The van der Waals surface area contributed by atoms with Crippen molar-refractivity contribution in [2.45, 2.75) is 135 Å². The highest BCUT2D eigenvalue weighted by molar-refractivity contribution is 5.86. The molecule has 1 spiro atoms. The minimum atomic E-state index is -0.555. The molecule has 2 N–H and O–H groups in total. The van der Waals surface area contributed by atoms with E-state index in [2.05, 4.69) is 78.4 Å². The molecule has 2 saturated heterocycles. The second-order valence-corrected chi connectivity index (χ2v) is 20.1. The summed E-state index contributed by atoms with van der Waals surface area (Å²) in [5.74, 6) is 2.35.